The van der Waals surface area contributed by atoms with Crippen LogP contribution in [0.15, 0.2) is 59.5 Å². The van der Waals surface area contributed by atoms with E-state index >= 15 is 0 Å². The van der Waals surface area contributed by atoms with Crippen molar-refractivity contribution in [1.82, 2.24) is 4.31 Å². The molecule has 0 aromatic heterocycles. The van der Waals surface area contributed by atoms with E-state index in [1.54, 1.807) is 20.8 Å². The summed E-state index contributed by atoms with van der Waals surface area (Å²) in [5.74, 6) is -0.483. The quantitative estimate of drug-likeness (QED) is 0.707. The van der Waals surface area contributed by atoms with Crippen LogP contribution in [0.3, 0.4) is 0 Å². The number of carbonyl (C=O) groups excluding carboxylic acids is 1. The first-order chi connectivity index (χ1) is 11.9. The molecular weight excluding hydrogens is 338 g/mol. The molecular formula is C19H23NO4S. The molecule has 0 heterocycles. The molecule has 0 bridgehead atoms. The molecule has 0 aliphatic heterocycles. The summed E-state index contributed by atoms with van der Waals surface area (Å²) in [5.41, 5.74) is 1.22. The molecule has 0 aliphatic carbocycles. The van der Waals surface area contributed by atoms with Gasteiger partial charge in [-0.25, -0.2) is 13.2 Å². The Kier molecular flexibility index (Phi) is 6.33. The molecule has 0 fully saturated rings. The van der Waals surface area contributed by atoms with Gasteiger partial charge in [0.05, 0.1) is 10.5 Å². The second-order valence-corrected chi connectivity index (χ2v) is 7.51. The second kappa shape index (κ2) is 8.27. The summed E-state index contributed by atoms with van der Waals surface area (Å²) in [7, 11) is -3.53. The lowest BCUT2D eigenvalue weighted by Crippen LogP contribution is -2.30. The summed E-state index contributed by atoms with van der Waals surface area (Å²) < 4.78 is 31.7. The Morgan fingerprint density at radius 1 is 1.00 bits per heavy atom. The highest BCUT2D eigenvalue weighted by atomic mass is 32.2. The standard InChI is InChI=1S/C19H23NO4S/c1-4-20(5-2)25(22,23)18-13-11-17(12-14-18)19(21)24-15(3)16-9-7-6-8-10-16/h6-15H,4-5H2,1-3H3. The Bertz CT molecular complexity index is 797. The normalized spacial score (nSPS) is 12.8. The van der Waals surface area contributed by atoms with Gasteiger partial charge in [0.25, 0.3) is 0 Å². The number of hydrogen-bond donors (Lipinski definition) is 0. The van der Waals surface area contributed by atoms with Crippen molar-refractivity contribution in [3.05, 3.63) is 65.7 Å². The van der Waals surface area contributed by atoms with Gasteiger partial charge in [0.15, 0.2) is 0 Å². The molecule has 2 aromatic rings. The number of nitrogens with zero attached hydrogens (tertiary/aromatic N) is 1. The molecule has 1 unspecified atom stereocenters. The highest BCUT2D eigenvalue weighted by molar-refractivity contribution is 7.89. The first-order valence-electron chi connectivity index (χ1n) is 8.26. The number of sulfonamides is 1. The van der Waals surface area contributed by atoms with Crippen molar-refractivity contribution in [3.8, 4) is 0 Å². The van der Waals surface area contributed by atoms with Crippen LogP contribution in [0, 0.1) is 0 Å². The van der Waals surface area contributed by atoms with Crippen molar-refractivity contribution in [2.75, 3.05) is 13.1 Å². The average Bonchev–Trinajstić information content (AvgIpc) is 2.63. The molecule has 5 nitrogen and oxygen atoms in total. The molecule has 2 aromatic carbocycles. The van der Waals surface area contributed by atoms with Gasteiger partial charge in [-0.15, -0.1) is 0 Å². The molecule has 6 heteroatoms. The maximum atomic E-state index is 12.4. The smallest absolute Gasteiger partial charge is 0.338 e. The van der Waals surface area contributed by atoms with Gasteiger partial charge in [-0.3, -0.25) is 0 Å². The lowest BCUT2D eigenvalue weighted by Gasteiger charge is -2.18. The maximum absolute atomic E-state index is 12.4. The summed E-state index contributed by atoms with van der Waals surface area (Å²) in [6, 6.07) is 15.3. The van der Waals surface area contributed by atoms with Crippen LogP contribution < -0.4 is 0 Å². The van der Waals surface area contributed by atoms with Crippen molar-refractivity contribution in [2.24, 2.45) is 0 Å². The van der Waals surface area contributed by atoms with E-state index in [1.165, 1.54) is 28.6 Å². The van der Waals surface area contributed by atoms with Crippen LogP contribution in [-0.2, 0) is 14.8 Å². The Labute approximate surface area is 149 Å². The van der Waals surface area contributed by atoms with Gasteiger partial charge >= 0.3 is 5.97 Å². The number of esters is 1. The third-order valence-electron chi connectivity index (χ3n) is 3.99. The number of ether oxygens (including phenoxy) is 1. The fraction of sp³-hybridized carbons (Fsp3) is 0.316. The molecule has 0 N–H and O–H groups in total. The first-order valence-corrected chi connectivity index (χ1v) is 9.70. The minimum absolute atomic E-state index is 0.170. The highest BCUT2D eigenvalue weighted by Gasteiger charge is 2.22. The Balaban J connectivity index is 2.13. The van der Waals surface area contributed by atoms with Gasteiger partial charge in [-0.05, 0) is 36.8 Å². The summed E-state index contributed by atoms with van der Waals surface area (Å²) in [6.45, 7) is 6.18. The number of carbonyl (C=O) groups is 1. The summed E-state index contributed by atoms with van der Waals surface area (Å²) in [4.78, 5) is 12.4. The molecule has 0 radical (unpaired) electrons. The molecule has 2 rings (SSSR count). The monoisotopic (exact) mass is 361 g/mol. The van der Waals surface area contributed by atoms with E-state index in [0.29, 0.717) is 18.7 Å². The van der Waals surface area contributed by atoms with E-state index in [4.69, 9.17) is 4.74 Å². The first kappa shape index (κ1) is 19.1. The van der Waals surface area contributed by atoms with Gasteiger partial charge in [-0.2, -0.15) is 4.31 Å². The van der Waals surface area contributed by atoms with E-state index in [9.17, 15) is 13.2 Å². The molecule has 134 valence electrons. The predicted molar refractivity (Wildman–Crippen MR) is 96.8 cm³/mol. The molecule has 1 atom stereocenters. The minimum Gasteiger partial charge on any atom is -0.454 e. The molecule has 0 saturated carbocycles. The number of benzene rings is 2. The number of hydrogen-bond acceptors (Lipinski definition) is 4. The zero-order chi connectivity index (χ0) is 18.4. The molecule has 0 amide bonds. The summed E-state index contributed by atoms with van der Waals surface area (Å²) >= 11 is 0. The van der Waals surface area contributed by atoms with Crippen LogP contribution in [0.25, 0.3) is 0 Å². The van der Waals surface area contributed by atoms with E-state index in [1.807, 2.05) is 30.3 Å². The fourth-order valence-electron chi connectivity index (χ4n) is 2.50. The van der Waals surface area contributed by atoms with Crippen LogP contribution in [0.1, 0.15) is 42.8 Å². The zero-order valence-corrected chi connectivity index (χ0v) is 15.5. The van der Waals surface area contributed by atoms with E-state index < -0.39 is 16.0 Å². The Morgan fingerprint density at radius 3 is 2.08 bits per heavy atom. The molecule has 0 spiro atoms. The molecule has 0 saturated heterocycles. The minimum atomic E-state index is -3.53. The summed E-state index contributed by atoms with van der Waals surface area (Å²) in [6.07, 6.45) is -0.382. The van der Waals surface area contributed by atoms with E-state index in [-0.39, 0.29) is 11.0 Å². The van der Waals surface area contributed by atoms with Gasteiger partial charge in [-0.1, -0.05) is 44.2 Å². The topological polar surface area (TPSA) is 63.7 Å². The molecule has 0 aliphatic rings. The predicted octanol–water partition coefficient (Wildman–Crippen LogP) is 3.64. The molecule has 25 heavy (non-hydrogen) atoms. The van der Waals surface area contributed by atoms with Crippen molar-refractivity contribution in [3.63, 3.8) is 0 Å². The SMILES string of the molecule is CCN(CC)S(=O)(=O)c1ccc(C(=O)OC(C)c2ccccc2)cc1. The zero-order valence-electron chi connectivity index (χ0n) is 14.7. The van der Waals surface area contributed by atoms with Crippen molar-refractivity contribution in [2.45, 2.75) is 31.8 Å². The van der Waals surface area contributed by atoms with Crippen LogP contribution in [0.2, 0.25) is 0 Å². The van der Waals surface area contributed by atoms with Gasteiger partial charge in [0, 0.05) is 13.1 Å². The van der Waals surface area contributed by atoms with Gasteiger partial charge in [0.2, 0.25) is 10.0 Å². The van der Waals surface area contributed by atoms with Gasteiger partial charge in [0.1, 0.15) is 6.10 Å². The van der Waals surface area contributed by atoms with Crippen molar-refractivity contribution in [1.29, 1.82) is 0 Å². The van der Waals surface area contributed by atoms with E-state index in [0.717, 1.165) is 5.56 Å². The third-order valence-corrected chi connectivity index (χ3v) is 6.05. The highest BCUT2D eigenvalue weighted by Crippen LogP contribution is 2.20. The van der Waals surface area contributed by atoms with Crippen LogP contribution >= 0.6 is 0 Å². The van der Waals surface area contributed by atoms with Crippen LogP contribution in [-0.4, -0.2) is 31.8 Å². The largest absolute Gasteiger partial charge is 0.454 e. The second-order valence-electron chi connectivity index (χ2n) is 5.57. The Morgan fingerprint density at radius 2 is 1.56 bits per heavy atom. The van der Waals surface area contributed by atoms with Crippen molar-refractivity contribution < 1.29 is 17.9 Å². The lowest BCUT2D eigenvalue weighted by molar-refractivity contribution is 0.0337. The van der Waals surface area contributed by atoms with Crippen LogP contribution in [0.4, 0.5) is 0 Å². The summed E-state index contributed by atoms with van der Waals surface area (Å²) in [5, 5.41) is 0. The fourth-order valence-corrected chi connectivity index (χ4v) is 3.95. The maximum Gasteiger partial charge on any atom is 0.338 e. The third kappa shape index (κ3) is 4.46. The van der Waals surface area contributed by atoms with Crippen LogP contribution in [0.5, 0.6) is 0 Å². The Hall–Kier alpha value is -2.18. The lowest BCUT2D eigenvalue weighted by atomic mass is 10.1. The van der Waals surface area contributed by atoms with Crippen molar-refractivity contribution >= 4 is 16.0 Å². The average molecular weight is 361 g/mol. The van der Waals surface area contributed by atoms with E-state index in [2.05, 4.69) is 0 Å². The van der Waals surface area contributed by atoms with Gasteiger partial charge < -0.3 is 4.74 Å². The number of rotatable bonds is 7.